The van der Waals surface area contributed by atoms with E-state index in [1.54, 1.807) is 0 Å². The van der Waals surface area contributed by atoms with Gasteiger partial charge >= 0.3 is 0 Å². The topological polar surface area (TPSA) is 12.0 Å². The first-order chi connectivity index (χ1) is 5.86. The Morgan fingerprint density at radius 2 is 1.83 bits per heavy atom. The maximum Gasteiger partial charge on any atom is 0.0211 e. The van der Waals surface area contributed by atoms with Gasteiger partial charge in [-0.2, -0.15) is 0 Å². The Morgan fingerprint density at radius 3 is 2.67 bits per heavy atom. The van der Waals surface area contributed by atoms with Crippen molar-refractivity contribution >= 4 is 0 Å². The van der Waals surface area contributed by atoms with E-state index < -0.39 is 0 Å². The maximum absolute atomic E-state index is 4.01. The number of hydrogen-bond acceptors (Lipinski definition) is 1. The Bertz CT molecular complexity index is 302. The van der Waals surface area contributed by atoms with Gasteiger partial charge in [-0.1, -0.05) is 36.4 Å². The molecule has 0 spiro atoms. The molecule has 0 aromatic heterocycles. The minimum Gasteiger partial charge on any atom is -0.309 e. The molecule has 0 amide bonds. The third-order valence-corrected chi connectivity index (χ3v) is 2.25. The predicted molar refractivity (Wildman–Crippen MR) is 51.0 cm³/mol. The van der Waals surface area contributed by atoms with Crippen molar-refractivity contribution in [2.45, 2.75) is 13.0 Å². The molecule has 1 aromatic rings. The highest BCUT2D eigenvalue weighted by molar-refractivity contribution is 5.32. The van der Waals surface area contributed by atoms with E-state index in [0.717, 1.165) is 19.5 Å². The lowest BCUT2D eigenvalue weighted by Crippen LogP contribution is -2.13. The Labute approximate surface area is 73.1 Å². The van der Waals surface area contributed by atoms with Gasteiger partial charge in [0.25, 0.3) is 0 Å². The molecule has 1 heterocycles. The molecule has 0 unspecified atom stereocenters. The largest absolute Gasteiger partial charge is 0.309 e. The van der Waals surface area contributed by atoms with Crippen LogP contribution in [0.2, 0.25) is 0 Å². The monoisotopic (exact) mass is 159 g/mol. The van der Waals surface area contributed by atoms with Crippen molar-refractivity contribution in [2.24, 2.45) is 0 Å². The van der Waals surface area contributed by atoms with Crippen molar-refractivity contribution < 1.29 is 0 Å². The second-order valence-corrected chi connectivity index (χ2v) is 3.30. The quantitative estimate of drug-likeness (QED) is 0.570. The normalized spacial score (nSPS) is 16.8. The fourth-order valence-corrected chi connectivity index (χ4v) is 1.61. The van der Waals surface area contributed by atoms with Crippen molar-refractivity contribution in [1.82, 2.24) is 5.32 Å². The molecule has 0 aliphatic carbocycles. The molecule has 1 N–H and O–H groups in total. The molecule has 0 saturated carbocycles. The molecule has 0 fully saturated rings. The lowest BCUT2D eigenvalue weighted by Gasteiger charge is -2.02. The van der Waals surface area contributed by atoms with Crippen molar-refractivity contribution in [1.29, 1.82) is 0 Å². The first-order valence-corrected chi connectivity index (χ1v) is 4.30. The Morgan fingerprint density at radius 1 is 1.08 bits per heavy atom. The summed E-state index contributed by atoms with van der Waals surface area (Å²) in [7, 11) is 0. The smallest absolute Gasteiger partial charge is 0.0211 e. The molecule has 2 rings (SSSR count). The average Bonchev–Trinajstić information content (AvgIpc) is 2.25. The van der Waals surface area contributed by atoms with Crippen LogP contribution in [0.5, 0.6) is 0 Å². The van der Waals surface area contributed by atoms with Crippen LogP contribution in [-0.2, 0) is 13.0 Å². The molecule has 12 heavy (non-hydrogen) atoms. The molecule has 1 aliphatic rings. The summed E-state index contributed by atoms with van der Waals surface area (Å²) in [6.45, 7) is 5.94. The van der Waals surface area contributed by atoms with Crippen LogP contribution in [-0.4, -0.2) is 6.54 Å². The Kier molecular flexibility index (Phi) is 1.96. The van der Waals surface area contributed by atoms with Crippen molar-refractivity contribution in [2.75, 3.05) is 6.54 Å². The average molecular weight is 159 g/mol. The number of hydrogen-bond donors (Lipinski definition) is 1. The van der Waals surface area contributed by atoms with Gasteiger partial charge in [0.15, 0.2) is 0 Å². The second-order valence-electron chi connectivity index (χ2n) is 3.30. The summed E-state index contributed by atoms with van der Waals surface area (Å²) in [5.41, 5.74) is 4.11. The van der Waals surface area contributed by atoms with Gasteiger partial charge in [0.2, 0.25) is 0 Å². The first-order valence-electron chi connectivity index (χ1n) is 4.30. The number of rotatable bonds is 0. The van der Waals surface area contributed by atoms with Crippen LogP contribution < -0.4 is 5.32 Å². The second kappa shape index (κ2) is 3.11. The molecule has 1 nitrogen and oxygen atoms in total. The van der Waals surface area contributed by atoms with Gasteiger partial charge in [0.1, 0.15) is 0 Å². The van der Waals surface area contributed by atoms with Gasteiger partial charge in [0, 0.05) is 13.1 Å². The molecule has 62 valence electrons. The molecular weight excluding hydrogens is 146 g/mol. The van der Waals surface area contributed by atoms with Gasteiger partial charge in [-0.15, -0.1) is 0 Å². The third-order valence-electron chi connectivity index (χ3n) is 2.25. The molecule has 0 atom stereocenters. The van der Waals surface area contributed by atoms with Gasteiger partial charge in [-0.3, -0.25) is 0 Å². The van der Waals surface area contributed by atoms with E-state index in [0.29, 0.717) is 0 Å². The van der Waals surface area contributed by atoms with Gasteiger partial charge < -0.3 is 5.32 Å². The lowest BCUT2D eigenvalue weighted by molar-refractivity contribution is 0.753. The van der Waals surface area contributed by atoms with Crippen LogP contribution in [0.15, 0.2) is 36.4 Å². The summed E-state index contributed by atoms with van der Waals surface area (Å²) in [4.78, 5) is 0. The zero-order valence-electron chi connectivity index (χ0n) is 7.14. The van der Waals surface area contributed by atoms with E-state index in [2.05, 4.69) is 36.2 Å². The summed E-state index contributed by atoms with van der Waals surface area (Å²) >= 11 is 0. The summed E-state index contributed by atoms with van der Waals surface area (Å²) < 4.78 is 0. The predicted octanol–water partition coefficient (Wildman–Crippen LogP) is 1.89. The number of benzene rings is 1. The molecule has 0 bridgehead atoms. The van der Waals surface area contributed by atoms with Crippen LogP contribution in [0, 0.1) is 0 Å². The number of fused-ring (bicyclic) bond motifs is 1. The van der Waals surface area contributed by atoms with E-state index in [1.165, 1.54) is 16.7 Å². The summed E-state index contributed by atoms with van der Waals surface area (Å²) in [5, 5.41) is 3.35. The standard InChI is InChI=1S/C11H13N/c1-9-6-10-4-2-3-5-11(10)8-12-7-9/h2-5,12H,1,6-8H2. The van der Waals surface area contributed by atoms with Gasteiger partial charge in [-0.05, 0) is 17.5 Å². The lowest BCUT2D eigenvalue weighted by atomic mass is 10.0. The van der Waals surface area contributed by atoms with E-state index in [4.69, 9.17) is 0 Å². The summed E-state index contributed by atoms with van der Waals surface area (Å²) in [6.07, 6.45) is 1.03. The van der Waals surface area contributed by atoms with Crippen LogP contribution >= 0.6 is 0 Å². The molecular formula is C11H13N. The van der Waals surface area contributed by atoms with Crippen LogP contribution in [0.3, 0.4) is 0 Å². The van der Waals surface area contributed by atoms with Crippen LogP contribution in [0.1, 0.15) is 11.1 Å². The van der Waals surface area contributed by atoms with Crippen LogP contribution in [0.25, 0.3) is 0 Å². The van der Waals surface area contributed by atoms with Gasteiger partial charge in [0.05, 0.1) is 0 Å². The number of nitrogens with one attached hydrogen (secondary N) is 1. The minimum absolute atomic E-state index is 0.953. The molecule has 0 radical (unpaired) electrons. The highest BCUT2D eigenvalue weighted by Gasteiger charge is 2.07. The van der Waals surface area contributed by atoms with E-state index in [1.807, 2.05) is 0 Å². The molecule has 0 saturated heterocycles. The van der Waals surface area contributed by atoms with Gasteiger partial charge in [-0.25, -0.2) is 0 Å². The SMILES string of the molecule is C=C1CNCc2ccccc2C1. The highest BCUT2D eigenvalue weighted by Crippen LogP contribution is 2.15. The molecule has 1 aliphatic heterocycles. The zero-order chi connectivity index (χ0) is 8.39. The minimum atomic E-state index is 0.953. The zero-order valence-corrected chi connectivity index (χ0v) is 7.14. The Balaban J connectivity index is 2.37. The fourth-order valence-electron chi connectivity index (χ4n) is 1.61. The van der Waals surface area contributed by atoms with Crippen LogP contribution in [0.4, 0.5) is 0 Å². The Hall–Kier alpha value is -1.08. The fraction of sp³-hybridized carbons (Fsp3) is 0.273. The third kappa shape index (κ3) is 1.41. The van der Waals surface area contributed by atoms with Crippen molar-refractivity contribution in [3.05, 3.63) is 47.5 Å². The maximum atomic E-state index is 4.01. The summed E-state index contributed by atoms with van der Waals surface area (Å²) in [5.74, 6) is 0. The van der Waals surface area contributed by atoms with E-state index in [9.17, 15) is 0 Å². The highest BCUT2D eigenvalue weighted by atomic mass is 14.9. The van der Waals surface area contributed by atoms with E-state index in [-0.39, 0.29) is 0 Å². The summed E-state index contributed by atoms with van der Waals surface area (Å²) in [6, 6.07) is 8.56. The van der Waals surface area contributed by atoms with Crippen molar-refractivity contribution in [3.8, 4) is 0 Å². The molecule has 1 aromatic carbocycles. The van der Waals surface area contributed by atoms with Crippen molar-refractivity contribution in [3.63, 3.8) is 0 Å². The van der Waals surface area contributed by atoms with E-state index >= 15 is 0 Å². The molecule has 1 heteroatoms. The first kappa shape index (κ1) is 7.56.